The molecule has 1 aliphatic heterocycles. The van der Waals surface area contributed by atoms with Crippen molar-refractivity contribution in [3.63, 3.8) is 0 Å². The summed E-state index contributed by atoms with van der Waals surface area (Å²) >= 11 is 0. The summed E-state index contributed by atoms with van der Waals surface area (Å²) in [6, 6.07) is 19.0. The van der Waals surface area contributed by atoms with E-state index in [0.29, 0.717) is 12.6 Å². The van der Waals surface area contributed by atoms with Crippen LogP contribution in [0.15, 0.2) is 54.6 Å². The van der Waals surface area contributed by atoms with E-state index in [0.717, 1.165) is 31.7 Å². The quantitative estimate of drug-likeness (QED) is 0.936. The smallest absolute Gasteiger partial charge is 0.119 e. The number of hydrogen-bond acceptors (Lipinski definition) is 3. The van der Waals surface area contributed by atoms with Crippen LogP contribution in [0.5, 0.6) is 5.75 Å². The van der Waals surface area contributed by atoms with Gasteiger partial charge >= 0.3 is 0 Å². The van der Waals surface area contributed by atoms with Gasteiger partial charge in [0.1, 0.15) is 12.4 Å². The highest BCUT2D eigenvalue weighted by Gasteiger charge is 2.16. The number of anilines is 1. The first-order valence-electron chi connectivity index (χ1n) is 7.58. The van der Waals surface area contributed by atoms with Crippen LogP contribution in [0.4, 0.5) is 5.69 Å². The molecule has 3 rings (SSSR count). The van der Waals surface area contributed by atoms with Gasteiger partial charge in [-0.05, 0) is 42.7 Å². The Labute approximate surface area is 126 Å². The Kier molecular flexibility index (Phi) is 4.41. The van der Waals surface area contributed by atoms with Crippen LogP contribution in [0, 0.1) is 0 Å². The highest BCUT2D eigenvalue weighted by molar-refractivity contribution is 5.49. The molecule has 110 valence electrons. The molecule has 0 amide bonds. The SMILES string of the molecule is NC1CCN(c2ccc(OCc3ccccc3)cc2)CC1. The fraction of sp³-hybridized carbons (Fsp3) is 0.333. The Morgan fingerprint density at radius 3 is 2.29 bits per heavy atom. The van der Waals surface area contributed by atoms with Crippen molar-refractivity contribution in [2.75, 3.05) is 18.0 Å². The third kappa shape index (κ3) is 3.76. The van der Waals surface area contributed by atoms with Gasteiger partial charge in [-0.1, -0.05) is 30.3 Å². The highest BCUT2D eigenvalue weighted by atomic mass is 16.5. The zero-order chi connectivity index (χ0) is 14.5. The molecule has 3 heteroatoms. The number of hydrogen-bond donors (Lipinski definition) is 1. The largest absolute Gasteiger partial charge is 0.489 e. The van der Waals surface area contributed by atoms with Crippen molar-refractivity contribution < 1.29 is 4.74 Å². The van der Waals surface area contributed by atoms with Crippen molar-refractivity contribution >= 4 is 5.69 Å². The molecule has 1 fully saturated rings. The average molecular weight is 282 g/mol. The number of piperidine rings is 1. The molecule has 0 aromatic heterocycles. The minimum Gasteiger partial charge on any atom is -0.489 e. The minimum absolute atomic E-state index is 0.370. The molecule has 21 heavy (non-hydrogen) atoms. The maximum atomic E-state index is 5.95. The first-order valence-corrected chi connectivity index (χ1v) is 7.58. The molecule has 0 atom stereocenters. The molecule has 0 aliphatic carbocycles. The lowest BCUT2D eigenvalue weighted by Crippen LogP contribution is -2.39. The van der Waals surface area contributed by atoms with Crippen molar-refractivity contribution in [1.82, 2.24) is 0 Å². The number of ether oxygens (including phenoxy) is 1. The van der Waals surface area contributed by atoms with E-state index in [4.69, 9.17) is 10.5 Å². The third-order valence-corrected chi connectivity index (χ3v) is 3.99. The summed E-state index contributed by atoms with van der Waals surface area (Å²) in [5.74, 6) is 0.913. The molecule has 3 nitrogen and oxygen atoms in total. The number of rotatable bonds is 4. The fourth-order valence-corrected chi connectivity index (χ4v) is 2.65. The van der Waals surface area contributed by atoms with Gasteiger partial charge in [0, 0.05) is 24.8 Å². The summed E-state index contributed by atoms with van der Waals surface area (Å²) in [5.41, 5.74) is 8.39. The maximum absolute atomic E-state index is 5.95. The predicted molar refractivity (Wildman–Crippen MR) is 86.6 cm³/mol. The first kappa shape index (κ1) is 14.0. The van der Waals surface area contributed by atoms with E-state index >= 15 is 0 Å². The van der Waals surface area contributed by atoms with Gasteiger partial charge in [0.2, 0.25) is 0 Å². The van der Waals surface area contributed by atoms with Crippen molar-refractivity contribution in [1.29, 1.82) is 0 Å². The van der Waals surface area contributed by atoms with Gasteiger partial charge in [0.05, 0.1) is 0 Å². The summed E-state index contributed by atoms with van der Waals surface area (Å²) < 4.78 is 5.81. The molecular formula is C18H22N2O. The van der Waals surface area contributed by atoms with E-state index in [2.05, 4.69) is 29.2 Å². The van der Waals surface area contributed by atoms with Crippen molar-refractivity contribution in [2.24, 2.45) is 5.73 Å². The molecule has 0 radical (unpaired) electrons. The first-order chi connectivity index (χ1) is 10.3. The van der Waals surface area contributed by atoms with E-state index < -0.39 is 0 Å². The van der Waals surface area contributed by atoms with Gasteiger partial charge in [-0.15, -0.1) is 0 Å². The van der Waals surface area contributed by atoms with Crippen LogP contribution >= 0.6 is 0 Å². The summed E-state index contributed by atoms with van der Waals surface area (Å²) in [6.07, 6.45) is 2.15. The molecule has 2 aromatic carbocycles. The lowest BCUT2D eigenvalue weighted by Gasteiger charge is -2.32. The van der Waals surface area contributed by atoms with Gasteiger partial charge in [-0.3, -0.25) is 0 Å². The highest BCUT2D eigenvalue weighted by Crippen LogP contribution is 2.23. The Morgan fingerprint density at radius 1 is 0.952 bits per heavy atom. The average Bonchev–Trinajstić information content (AvgIpc) is 2.55. The second-order valence-corrected chi connectivity index (χ2v) is 5.59. The van der Waals surface area contributed by atoms with Crippen LogP contribution in [0.1, 0.15) is 18.4 Å². The number of nitrogens with zero attached hydrogens (tertiary/aromatic N) is 1. The Balaban J connectivity index is 1.57. The molecule has 1 heterocycles. The maximum Gasteiger partial charge on any atom is 0.119 e. The minimum atomic E-state index is 0.370. The van der Waals surface area contributed by atoms with Crippen LogP contribution < -0.4 is 15.4 Å². The van der Waals surface area contributed by atoms with Crippen LogP contribution in [-0.4, -0.2) is 19.1 Å². The second kappa shape index (κ2) is 6.64. The van der Waals surface area contributed by atoms with Gasteiger partial charge in [0.15, 0.2) is 0 Å². The molecular weight excluding hydrogens is 260 g/mol. The van der Waals surface area contributed by atoms with Crippen molar-refractivity contribution in [3.05, 3.63) is 60.2 Å². The molecule has 0 saturated carbocycles. The monoisotopic (exact) mass is 282 g/mol. The number of benzene rings is 2. The second-order valence-electron chi connectivity index (χ2n) is 5.59. The van der Waals surface area contributed by atoms with Crippen molar-refractivity contribution in [2.45, 2.75) is 25.5 Å². The van der Waals surface area contributed by atoms with Gasteiger partial charge in [-0.2, -0.15) is 0 Å². The number of nitrogens with two attached hydrogens (primary N) is 1. The Bertz CT molecular complexity index is 545. The van der Waals surface area contributed by atoms with Crippen LogP contribution in [0.25, 0.3) is 0 Å². The van der Waals surface area contributed by atoms with Gasteiger partial charge in [0.25, 0.3) is 0 Å². The molecule has 2 aromatic rings. The molecule has 2 N–H and O–H groups in total. The lowest BCUT2D eigenvalue weighted by atomic mass is 10.1. The molecule has 1 saturated heterocycles. The Morgan fingerprint density at radius 2 is 1.62 bits per heavy atom. The van der Waals surface area contributed by atoms with E-state index in [1.807, 2.05) is 30.3 Å². The fourth-order valence-electron chi connectivity index (χ4n) is 2.65. The van der Waals surface area contributed by atoms with Crippen LogP contribution in [-0.2, 0) is 6.61 Å². The standard InChI is InChI=1S/C18H22N2O/c19-16-10-12-20(13-11-16)17-6-8-18(9-7-17)21-14-15-4-2-1-3-5-15/h1-9,16H,10-14,19H2. The summed E-state index contributed by atoms with van der Waals surface area (Å²) in [6.45, 7) is 2.70. The lowest BCUT2D eigenvalue weighted by molar-refractivity contribution is 0.306. The summed E-state index contributed by atoms with van der Waals surface area (Å²) in [7, 11) is 0. The molecule has 0 unspecified atom stereocenters. The van der Waals surface area contributed by atoms with E-state index in [1.165, 1.54) is 11.3 Å². The zero-order valence-electron chi connectivity index (χ0n) is 12.2. The van der Waals surface area contributed by atoms with E-state index in [1.54, 1.807) is 0 Å². The van der Waals surface area contributed by atoms with E-state index in [-0.39, 0.29) is 0 Å². The van der Waals surface area contributed by atoms with Crippen molar-refractivity contribution in [3.8, 4) is 5.75 Å². The van der Waals surface area contributed by atoms with E-state index in [9.17, 15) is 0 Å². The third-order valence-electron chi connectivity index (χ3n) is 3.99. The summed E-state index contributed by atoms with van der Waals surface area (Å²) in [4.78, 5) is 2.39. The molecule has 0 bridgehead atoms. The van der Waals surface area contributed by atoms with Gasteiger partial charge < -0.3 is 15.4 Å². The van der Waals surface area contributed by atoms with Crippen LogP contribution in [0.3, 0.4) is 0 Å². The van der Waals surface area contributed by atoms with Gasteiger partial charge in [-0.25, -0.2) is 0 Å². The topological polar surface area (TPSA) is 38.5 Å². The zero-order valence-corrected chi connectivity index (χ0v) is 12.2. The molecule has 0 spiro atoms. The predicted octanol–water partition coefficient (Wildman–Crippen LogP) is 3.19. The van der Waals surface area contributed by atoms with Crippen LogP contribution in [0.2, 0.25) is 0 Å². The molecule has 1 aliphatic rings. The normalized spacial score (nSPS) is 16.0. The summed E-state index contributed by atoms with van der Waals surface area (Å²) in [5, 5.41) is 0. The Hall–Kier alpha value is -2.00.